The van der Waals surface area contributed by atoms with Crippen LogP contribution in [-0.2, 0) is 10.0 Å². The number of benzene rings is 1. The van der Waals surface area contributed by atoms with Crippen molar-refractivity contribution >= 4 is 10.0 Å². The lowest BCUT2D eigenvalue weighted by Crippen LogP contribution is -2.52. The summed E-state index contributed by atoms with van der Waals surface area (Å²) in [7, 11) is -3.37. The Morgan fingerprint density at radius 1 is 1.00 bits per heavy atom. The predicted octanol–water partition coefficient (Wildman–Crippen LogP) is 2.08. The average molecular weight is 353 g/mol. The van der Waals surface area contributed by atoms with E-state index in [0.717, 1.165) is 32.2 Å². The summed E-state index contributed by atoms with van der Waals surface area (Å²) >= 11 is 0. The Hall–Kier alpha value is -0.950. The van der Waals surface area contributed by atoms with E-state index in [1.165, 1.54) is 12.8 Å². The molecule has 1 atom stereocenters. The van der Waals surface area contributed by atoms with Crippen molar-refractivity contribution in [3.63, 3.8) is 0 Å². The van der Waals surface area contributed by atoms with Crippen molar-refractivity contribution in [3.05, 3.63) is 30.3 Å². The Morgan fingerprint density at radius 2 is 1.71 bits per heavy atom. The number of aliphatic hydroxyl groups excluding tert-OH is 1. The molecular formula is C18H28N2O3S. The van der Waals surface area contributed by atoms with Gasteiger partial charge in [-0.15, -0.1) is 0 Å². The Bertz CT molecular complexity index is 610. The predicted molar refractivity (Wildman–Crippen MR) is 94.3 cm³/mol. The van der Waals surface area contributed by atoms with Crippen LogP contribution in [0.1, 0.15) is 38.5 Å². The monoisotopic (exact) mass is 352 g/mol. The molecule has 6 heteroatoms. The first-order valence-corrected chi connectivity index (χ1v) is 10.5. The van der Waals surface area contributed by atoms with Crippen LogP contribution in [0, 0.1) is 0 Å². The minimum Gasteiger partial charge on any atom is -0.396 e. The third kappa shape index (κ3) is 3.82. The summed E-state index contributed by atoms with van der Waals surface area (Å²) in [6.07, 6.45) is 6.21. The molecule has 0 spiro atoms. The molecule has 2 aliphatic rings. The van der Waals surface area contributed by atoms with Gasteiger partial charge in [0.2, 0.25) is 10.0 Å². The second-order valence-electron chi connectivity index (χ2n) is 6.85. The van der Waals surface area contributed by atoms with Crippen LogP contribution in [0.5, 0.6) is 0 Å². The Labute approximate surface area is 145 Å². The highest BCUT2D eigenvalue weighted by atomic mass is 32.2. The second kappa shape index (κ2) is 7.95. The number of rotatable bonds is 5. The zero-order chi connectivity index (χ0) is 17.0. The van der Waals surface area contributed by atoms with Crippen molar-refractivity contribution in [2.24, 2.45) is 0 Å². The number of nitrogens with zero attached hydrogens (tertiary/aromatic N) is 2. The molecule has 134 valence electrons. The molecule has 1 aromatic carbocycles. The summed E-state index contributed by atoms with van der Waals surface area (Å²) in [6, 6.07) is 9.63. The van der Waals surface area contributed by atoms with Gasteiger partial charge in [-0.05, 0) is 50.8 Å². The van der Waals surface area contributed by atoms with Crippen molar-refractivity contribution < 1.29 is 13.5 Å². The maximum absolute atomic E-state index is 12.7. The fourth-order valence-electron chi connectivity index (χ4n) is 4.12. The van der Waals surface area contributed by atoms with E-state index in [-0.39, 0.29) is 6.61 Å². The summed E-state index contributed by atoms with van der Waals surface area (Å²) in [5.41, 5.74) is 0. The van der Waals surface area contributed by atoms with Gasteiger partial charge < -0.3 is 5.11 Å². The molecule has 0 aliphatic carbocycles. The maximum atomic E-state index is 12.7. The summed E-state index contributed by atoms with van der Waals surface area (Å²) in [6.45, 7) is 2.50. The molecule has 0 bridgehead atoms. The second-order valence-corrected chi connectivity index (χ2v) is 8.79. The highest BCUT2D eigenvalue weighted by molar-refractivity contribution is 7.89. The third-order valence-electron chi connectivity index (χ3n) is 5.41. The van der Waals surface area contributed by atoms with E-state index in [2.05, 4.69) is 4.90 Å². The van der Waals surface area contributed by atoms with Gasteiger partial charge in [-0.3, -0.25) is 4.90 Å². The van der Waals surface area contributed by atoms with Crippen LogP contribution in [0.3, 0.4) is 0 Å². The summed E-state index contributed by atoms with van der Waals surface area (Å²) in [4.78, 5) is 2.92. The molecule has 2 heterocycles. The molecule has 0 amide bonds. The van der Waals surface area contributed by atoms with Crippen LogP contribution >= 0.6 is 0 Å². The van der Waals surface area contributed by atoms with Crippen molar-refractivity contribution in [3.8, 4) is 0 Å². The smallest absolute Gasteiger partial charge is 0.243 e. The largest absolute Gasteiger partial charge is 0.396 e. The Morgan fingerprint density at radius 3 is 2.38 bits per heavy atom. The molecule has 0 radical (unpaired) electrons. The number of aliphatic hydroxyl groups is 1. The van der Waals surface area contributed by atoms with Gasteiger partial charge in [0, 0.05) is 31.8 Å². The fraction of sp³-hybridized carbons (Fsp3) is 0.667. The fourth-order valence-corrected chi connectivity index (χ4v) is 5.61. The summed E-state index contributed by atoms with van der Waals surface area (Å²) < 4.78 is 27.1. The van der Waals surface area contributed by atoms with Gasteiger partial charge in [0.05, 0.1) is 4.90 Å². The highest BCUT2D eigenvalue weighted by Crippen LogP contribution is 2.28. The van der Waals surface area contributed by atoms with Crippen LogP contribution in [0.4, 0.5) is 0 Å². The first-order valence-electron chi connectivity index (χ1n) is 9.05. The van der Waals surface area contributed by atoms with Gasteiger partial charge in [0.25, 0.3) is 0 Å². The number of sulfonamides is 1. The zero-order valence-corrected chi connectivity index (χ0v) is 15.0. The molecule has 2 aliphatic heterocycles. The van der Waals surface area contributed by atoms with E-state index in [0.29, 0.717) is 30.1 Å². The van der Waals surface area contributed by atoms with Gasteiger partial charge >= 0.3 is 0 Å². The van der Waals surface area contributed by atoms with E-state index in [9.17, 15) is 13.5 Å². The van der Waals surface area contributed by atoms with E-state index in [1.54, 1.807) is 28.6 Å². The van der Waals surface area contributed by atoms with Crippen LogP contribution in [0.15, 0.2) is 35.2 Å². The standard InChI is InChI=1S/C18H28N2O3S/c21-15-11-16-6-4-5-12-20(16)17-9-13-19(14-10-17)24(22,23)18-7-2-1-3-8-18/h1-3,7-8,16-17,21H,4-6,9-15H2/t16-/m1/s1. The Balaban J connectivity index is 1.63. The first-order chi connectivity index (χ1) is 11.6. The number of hydrogen-bond donors (Lipinski definition) is 1. The third-order valence-corrected chi connectivity index (χ3v) is 7.32. The highest BCUT2D eigenvalue weighted by Gasteiger charge is 2.34. The lowest BCUT2D eigenvalue weighted by molar-refractivity contribution is 0.0517. The molecule has 5 nitrogen and oxygen atoms in total. The molecule has 3 rings (SSSR count). The number of likely N-dealkylation sites (tertiary alicyclic amines) is 1. The Kier molecular flexibility index (Phi) is 5.92. The van der Waals surface area contributed by atoms with Crippen LogP contribution in [0.2, 0.25) is 0 Å². The van der Waals surface area contributed by atoms with Crippen molar-refractivity contribution in [2.45, 2.75) is 55.5 Å². The quantitative estimate of drug-likeness (QED) is 0.881. The maximum Gasteiger partial charge on any atom is 0.243 e. The molecule has 0 unspecified atom stereocenters. The SMILES string of the molecule is O=S(=O)(c1ccccc1)N1CCC(N2CCCC[C@@H]2CCO)CC1. The van der Waals surface area contributed by atoms with Gasteiger partial charge in [-0.25, -0.2) is 8.42 Å². The van der Waals surface area contributed by atoms with Gasteiger partial charge in [-0.1, -0.05) is 24.6 Å². The summed E-state index contributed by atoms with van der Waals surface area (Å²) in [5, 5.41) is 9.30. The lowest BCUT2D eigenvalue weighted by Gasteiger charge is -2.44. The molecule has 2 fully saturated rings. The number of hydrogen-bond acceptors (Lipinski definition) is 4. The molecule has 2 saturated heterocycles. The van der Waals surface area contributed by atoms with E-state index >= 15 is 0 Å². The molecule has 24 heavy (non-hydrogen) atoms. The normalized spacial score (nSPS) is 25.0. The van der Waals surface area contributed by atoms with Gasteiger partial charge in [0.1, 0.15) is 0 Å². The number of piperidine rings is 2. The van der Waals surface area contributed by atoms with Crippen molar-refractivity contribution in [1.82, 2.24) is 9.21 Å². The topological polar surface area (TPSA) is 60.9 Å². The van der Waals surface area contributed by atoms with Gasteiger partial charge in [0.15, 0.2) is 0 Å². The van der Waals surface area contributed by atoms with Crippen LogP contribution in [0.25, 0.3) is 0 Å². The molecule has 0 saturated carbocycles. The minimum absolute atomic E-state index is 0.238. The minimum atomic E-state index is -3.37. The van der Waals surface area contributed by atoms with Crippen molar-refractivity contribution in [2.75, 3.05) is 26.2 Å². The zero-order valence-electron chi connectivity index (χ0n) is 14.2. The lowest BCUT2D eigenvalue weighted by atomic mass is 9.94. The van der Waals surface area contributed by atoms with E-state index in [4.69, 9.17) is 0 Å². The first kappa shape index (κ1) is 17.9. The summed E-state index contributed by atoms with van der Waals surface area (Å²) in [5.74, 6) is 0. The van der Waals surface area contributed by atoms with Crippen molar-refractivity contribution in [1.29, 1.82) is 0 Å². The molecular weight excluding hydrogens is 324 g/mol. The van der Waals surface area contributed by atoms with Crippen LogP contribution < -0.4 is 0 Å². The van der Waals surface area contributed by atoms with Gasteiger partial charge in [-0.2, -0.15) is 4.31 Å². The molecule has 0 aromatic heterocycles. The van der Waals surface area contributed by atoms with E-state index < -0.39 is 10.0 Å². The average Bonchev–Trinajstić information content (AvgIpc) is 2.63. The molecule has 1 aromatic rings. The van der Waals surface area contributed by atoms with Crippen LogP contribution in [-0.4, -0.2) is 61.1 Å². The molecule has 1 N–H and O–H groups in total. The van der Waals surface area contributed by atoms with E-state index in [1.807, 2.05) is 6.07 Å².